The Morgan fingerprint density at radius 2 is 1.81 bits per heavy atom. The summed E-state index contributed by atoms with van der Waals surface area (Å²) in [6, 6.07) is 11.6. The molecule has 1 heterocycles. The van der Waals surface area contributed by atoms with Gasteiger partial charge in [0.2, 0.25) is 5.91 Å². The lowest BCUT2D eigenvalue weighted by atomic mass is 9.59. The summed E-state index contributed by atoms with van der Waals surface area (Å²) in [5, 5.41) is 3.93. The van der Waals surface area contributed by atoms with Crippen LogP contribution >= 0.6 is 11.6 Å². The number of amides is 2. The Hall–Kier alpha value is -2.64. The van der Waals surface area contributed by atoms with Crippen LogP contribution in [0.2, 0.25) is 5.02 Å². The van der Waals surface area contributed by atoms with E-state index < -0.39 is 11.9 Å². The van der Waals surface area contributed by atoms with Crippen LogP contribution in [0.3, 0.4) is 0 Å². The predicted molar refractivity (Wildman–Crippen MR) is 141 cm³/mol. The van der Waals surface area contributed by atoms with E-state index in [0.29, 0.717) is 36.4 Å². The van der Waals surface area contributed by atoms with Crippen LogP contribution in [0, 0.1) is 17.2 Å². The summed E-state index contributed by atoms with van der Waals surface area (Å²) in [5.41, 5.74) is 0.971. The summed E-state index contributed by atoms with van der Waals surface area (Å²) in [7, 11) is 3.79. The average Bonchev–Trinajstić information content (AvgIpc) is 3.71. The van der Waals surface area contributed by atoms with Crippen molar-refractivity contribution in [1.29, 1.82) is 0 Å². The Balaban J connectivity index is 1.18. The molecule has 2 aromatic carbocycles. The molecule has 0 aromatic heterocycles. The van der Waals surface area contributed by atoms with Crippen molar-refractivity contribution in [2.24, 2.45) is 11.3 Å². The van der Waals surface area contributed by atoms with Crippen molar-refractivity contribution in [1.82, 2.24) is 15.1 Å². The number of likely N-dealkylation sites (tertiary alicyclic amines) is 1. The third-order valence-electron chi connectivity index (χ3n) is 8.34. The van der Waals surface area contributed by atoms with Crippen LogP contribution < -0.4 is 10.1 Å². The normalized spacial score (nSPS) is 21.4. The number of hydrogen-bond donors (Lipinski definition) is 1. The van der Waals surface area contributed by atoms with Gasteiger partial charge in [-0.3, -0.25) is 14.5 Å². The highest BCUT2D eigenvalue weighted by molar-refractivity contribution is 6.30. The van der Waals surface area contributed by atoms with Crippen LogP contribution in [-0.2, 0) is 4.79 Å². The van der Waals surface area contributed by atoms with Gasteiger partial charge in [0.15, 0.2) is 0 Å². The number of carbonyl (C=O) groups is 2. The first kappa shape index (κ1) is 26.0. The smallest absolute Gasteiger partial charge is 0.256 e. The van der Waals surface area contributed by atoms with Crippen LogP contribution in [0.5, 0.6) is 5.75 Å². The first-order valence-corrected chi connectivity index (χ1v) is 13.6. The number of ether oxygens (including phenoxy) is 1. The largest absolute Gasteiger partial charge is 0.493 e. The average molecular weight is 528 g/mol. The molecule has 2 saturated carbocycles. The number of piperidine rings is 1. The number of benzene rings is 2. The van der Waals surface area contributed by atoms with E-state index >= 15 is 0 Å². The van der Waals surface area contributed by atoms with E-state index in [9.17, 15) is 14.0 Å². The molecule has 2 unspecified atom stereocenters. The molecule has 2 amide bonds. The molecule has 1 saturated heterocycles. The van der Waals surface area contributed by atoms with Crippen molar-refractivity contribution < 1.29 is 18.7 Å². The summed E-state index contributed by atoms with van der Waals surface area (Å²) < 4.78 is 20.4. The number of hydrogen-bond acceptors (Lipinski definition) is 4. The van der Waals surface area contributed by atoms with Gasteiger partial charge in [-0.1, -0.05) is 23.7 Å². The molecule has 1 N–H and O–H groups in total. The molecule has 198 valence electrons. The standard InChI is InChI=1S/C29H35ClFN3O3/c1-33(2)26(20-5-7-21(30)8-6-20)27(35)32-25-11-12-29(25)13-15-34(16-14-29)28(36)23-10-9-22(17-24(23)31)37-18-19-3-4-19/h5-10,17,19,25-26H,3-4,11-16,18H2,1-2H3,(H,32,35). The van der Waals surface area contributed by atoms with Gasteiger partial charge in [-0.2, -0.15) is 0 Å². The van der Waals surface area contributed by atoms with Gasteiger partial charge in [-0.05, 0) is 93.8 Å². The van der Waals surface area contributed by atoms with Gasteiger partial charge in [-0.15, -0.1) is 0 Å². The van der Waals surface area contributed by atoms with Crippen molar-refractivity contribution >= 4 is 23.4 Å². The Kier molecular flexibility index (Phi) is 7.46. The van der Waals surface area contributed by atoms with Crippen molar-refractivity contribution in [2.45, 2.75) is 50.6 Å². The second-order valence-corrected chi connectivity index (χ2v) is 11.5. The molecule has 3 fully saturated rings. The van der Waals surface area contributed by atoms with Gasteiger partial charge < -0.3 is 15.0 Å². The fourth-order valence-electron chi connectivity index (χ4n) is 5.68. The van der Waals surface area contributed by atoms with Crippen LogP contribution in [0.4, 0.5) is 4.39 Å². The first-order valence-electron chi connectivity index (χ1n) is 13.2. The minimum absolute atomic E-state index is 0.0116. The maximum absolute atomic E-state index is 14.7. The maximum atomic E-state index is 14.7. The molecule has 0 radical (unpaired) electrons. The Labute approximate surface area is 223 Å². The number of nitrogens with one attached hydrogen (secondary N) is 1. The second kappa shape index (κ2) is 10.6. The highest BCUT2D eigenvalue weighted by atomic mass is 35.5. The van der Waals surface area contributed by atoms with E-state index in [2.05, 4.69) is 5.32 Å². The van der Waals surface area contributed by atoms with Crippen LogP contribution in [-0.4, -0.2) is 61.4 Å². The maximum Gasteiger partial charge on any atom is 0.256 e. The third-order valence-corrected chi connectivity index (χ3v) is 8.59. The zero-order valence-corrected chi connectivity index (χ0v) is 22.3. The summed E-state index contributed by atoms with van der Waals surface area (Å²) >= 11 is 6.03. The third kappa shape index (κ3) is 5.63. The van der Waals surface area contributed by atoms with Gasteiger partial charge in [0.05, 0.1) is 12.2 Å². The fourth-order valence-corrected chi connectivity index (χ4v) is 5.81. The lowest BCUT2D eigenvalue weighted by Gasteiger charge is -2.54. The molecule has 0 bridgehead atoms. The van der Waals surface area contributed by atoms with E-state index in [4.69, 9.17) is 16.3 Å². The quantitative estimate of drug-likeness (QED) is 0.520. The number of likely N-dealkylation sites (N-methyl/N-ethyl adjacent to an activating group) is 1. The zero-order chi connectivity index (χ0) is 26.2. The fraction of sp³-hybridized carbons (Fsp3) is 0.517. The van der Waals surface area contributed by atoms with Crippen molar-refractivity contribution in [3.05, 3.63) is 64.4 Å². The molecule has 1 spiro atoms. The molecule has 2 aliphatic carbocycles. The molecule has 8 heteroatoms. The second-order valence-electron chi connectivity index (χ2n) is 11.1. The minimum atomic E-state index is -0.538. The Morgan fingerprint density at radius 3 is 2.38 bits per heavy atom. The summed E-state index contributed by atoms with van der Waals surface area (Å²) in [4.78, 5) is 30.0. The van der Waals surface area contributed by atoms with E-state index in [1.807, 2.05) is 31.1 Å². The molecule has 5 rings (SSSR count). The SMILES string of the molecule is CN(C)C(C(=O)NC1CCC12CCN(C(=O)c1ccc(OCC3CC3)cc1F)CC2)c1ccc(Cl)cc1. The van der Waals surface area contributed by atoms with E-state index in [0.717, 1.165) is 31.2 Å². The number of halogens is 2. The minimum Gasteiger partial charge on any atom is -0.493 e. The Morgan fingerprint density at radius 1 is 1.11 bits per heavy atom. The molecule has 1 aliphatic heterocycles. The predicted octanol–water partition coefficient (Wildman–Crippen LogP) is 5.07. The lowest BCUT2D eigenvalue weighted by Crippen LogP contribution is -2.60. The monoisotopic (exact) mass is 527 g/mol. The summed E-state index contributed by atoms with van der Waals surface area (Å²) in [5.74, 6) is 0.208. The molecular weight excluding hydrogens is 493 g/mol. The van der Waals surface area contributed by atoms with Gasteiger partial charge in [0, 0.05) is 30.2 Å². The van der Waals surface area contributed by atoms with Crippen molar-refractivity contribution in [3.63, 3.8) is 0 Å². The summed E-state index contributed by atoms with van der Waals surface area (Å²) in [6.45, 7) is 1.71. The van der Waals surface area contributed by atoms with E-state index in [-0.39, 0.29) is 28.8 Å². The molecular formula is C29H35ClFN3O3. The van der Waals surface area contributed by atoms with Crippen LogP contribution in [0.15, 0.2) is 42.5 Å². The van der Waals surface area contributed by atoms with Gasteiger partial charge >= 0.3 is 0 Å². The molecule has 3 aliphatic rings. The number of rotatable bonds is 8. The van der Waals surface area contributed by atoms with Crippen molar-refractivity contribution in [3.8, 4) is 5.75 Å². The molecule has 2 atom stereocenters. The van der Waals surface area contributed by atoms with Gasteiger partial charge in [0.25, 0.3) is 5.91 Å². The molecule has 6 nitrogen and oxygen atoms in total. The Bertz CT molecular complexity index is 1140. The topological polar surface area (TPSA) is 61.9 Å². The van der Waals surface area contributed by atoms with Crippen LogP contribution in [0.25, 0.3) is 0 Å². The summed E-state index contributed by atoms with van der Waals surface area (Å²) in [6.07, 6.45) is 5.87. The van der Waals surface area contributed by atoms with E-state index in [1.165, 1.54) is 25.0 Å². The molecule has 37 heavy (non-hydrogen) atoms. The van der Waals surface area contributed by atoms with Crippen molar-refractivity contribution in [2.75, 3.05) is 33.8 Å². The first-order chi connectivity index (χ1) is 17.8. The van der Waals surface area contributed by atoms with Gasteiger partial charge in [0.1, 0.15) is 17.6 Å². The lowest BCUT2D eigenvalue weighted by molar-refractivity contribution is -0.130. The molecule has 2 aromatic rings. The van der Waals surface area contributed by atoms with Gasteiger partial charge in [-0.25, -0.2) is 4.39 Å². The van der Waals surface area contributed by atoms with Crippen LogP contribution in [0.1, 0.15) is 60.5 Å². The number of carbonyl (C=O) groups excluding carboxylic acids is 2. The highest BCUT2D eigenvalue weighted by Crippen LogP contribution is 2.49. The zero-order valence-electron chi connectivity index (χ0n) is 21.5. The highest BCUT2D eigenvalue weighted by Gasteiger charge is 2.50. The number of nitrogens with zero attached hydrogens (tertiary/aromatic N) is 2. The van der Waals surface area contributed by atoms with E-state index in [1.54, 1.807) is 23.1 Å².